The van der Waals surface area contributed by atoms with Crippen LogP contribution in [0.4, 0.5) is 0 Å². The Morgan fingerprint density at radius 2 is 2.38 bits per heavy atom. The fourth-order valence-electron chi connectivity index (χ4n) is 0.340. The SMILES string of the molecule is CCC/C=C(/O)C=O. The van der Waals surface area contributed by atoms with Crippen molar-refractivity contribution in [3.05, 3.63) is 11.8 Å². The van der Waals surface area contributed by atoms with Crippen molar-refractivity contribution in [2.75, 3.05) is 0 Å². The molecule has 0 aromatic carbocycles. The molecular formula is C6H10O2. The first-order valence-corrected chi connectivity index (χ1v) is 2.65. The summed E-state index contributed by atoms with van der Waals surface area (Å²) in [5.74, 6) is -0.160. The molecule has 0 saturated carbocycles. The zero-order valence-corrected chi connectivity index (χ0v) is 4.92. The standard InChI is InChI=1S/C6H10O2/c1-2-3-4-6(8)5-7/h4-5,8H,2-3H2,1H3/b6-4+. The number of rotatable bonds is 3. The van der Waals surface area contributed by atoms with Crippen LogP contribution in [0.2, 0.25) is 0 Å². The Kier molecular flexibility index (Phi) is 3.94. The van der Waals surface area contributed by atoms with Gasteiger partial charge in [-0.15, -0.1) is 0 Å². The van der Waals surface area contributed by atoms with Crippen LogP contribution < -0.4 is 0 Å². The number of carbonyl (C=O) groups excluding carboxylic acids is 1. The molecule has 8 heavy (non-hydrogen) atoms. The zero-order chi connectivity index (χ0) is 6.41. The van der Waals surface area contributed by atoms with Crippen molar-refractivity contribution in [1.29, 1.82) is 0 Å². The third-order valence-corrected chi connectivity index (χ3v) is 0.763. The number of aldehydes is 1. The highest BCUT2D eigenvalue weighted by molar-refractivity contribution is 5.69. The van der Waals surface area contributed by atoms with Crippen molar-refractivity contribution in [2.45, 2.75) is 19.8 Å². The molecule has 0 aliphatic carbocycles. The van der Waals surface area contributed by atoms with Crippen LogP contribution in [0.1, 0.15) is 19.8 Å². The highest BCUT2D eigenvalue weighted by atomic mass is 16.3. The maximum atomic E-state index is 9.69. The van der Waals surface area contributed by atoms with E-state index in [0.29, 0.717) is 6.29 Å². The van der Waals surface area contributed by atoms with E-state index in [1.807, 2.05) is 6.92 Å². The molecule has 0 unspecified atom stereocenters. The van der Waals surface area contributed by atoms with Gasteiger partial charge in [0.05, 0.1) is 0 Å². The number of hydrogen-bond acceptors (Lipinski definition) is 2. The molecule has 0 rings (SSSR count). The van der Waals surface area contributed by atoms with Gasteiger partial charge in [0.15, 0.2) is 12.0 Å². The van der Waals surface area contributed by atoms with E-state index in [1.165, 1.54) is 6.08 Å². The Hall–Kier alpha value is -0.790. The highest BCUT2D eigenvalue weighted by Gasteiger charge is 1.82. The van der Waals surface area contributed by atoms with Crippen LogP contribution in [0.15, 0.2) is 11.8 Å². The van der Waals surface area contributed by atoms with Gasteiger partial charge in [-0.3, -0.25) is 4.79 Å². The lowest BCUT2D eigenvalue weighted by Gasteiger charge is -1.83. The predicted molar refractivity (Wildman–Crippen MR) is 31.7 cm³/mol. The molecule has 2 nitrogen and oxygen atoms in total. The number of carbonyl (C=O) groups is 1. The molecule has 0 heterocycles. The first kappa shape index (κ1) is 7.21. The summed E-state index contributed by atoms with van der Waals surface area (Å²) in [5, 5.41) is 8.48. The first-order valence-electron chi connectivity index (χ1n) is 2.65. The second kappa shape index (κ2) is 4.37. The lowest BCUT2D eigenvalue weighted by atomic mass is 10.3. The van der Waals surface area contributed by atoms with E-state index < -0.39 is 0 Å². The van der Waals surface area contributed by atoms with Crippen molar-refractivity contribution in [2.24, 2.45) is 0 Å². The lowest BCUT2D eigenvalue weighted by Crippen LogP contribution is -1.79. The molecule has 0 saturated heterocycles. The van der Waals surface area contributed by atoms with Gasteiger partial charge in [-0.2, -0.15) is 0 Å². The van der Waals surface area contributed by atoms with E-state index in [4.69, 9.17) is 5.11 Å². The summed E-state index contributed by atoms with van der Waals surface area (Å²) in [5.41, 5.74) is 0. The van der Waals surface area contributed by atoms with Gasteiger partial charge in [-0.05, 0) is 12.5 Å². The van der Waals surface area contributed by atoms with E-state index in [9.17, 15) is 4.79 Å². The van der Waals surface area contributed by atoms with Gasteiger partial charge in [0.2, 0.25) is 0 Å². The molecule has 0 spiro atoms. The van der Waals surface area contributed by atoms with E-state index >= 15 is 0 Å². The van der Waals surface area contributed by atoms with Crippen molar-refractivity contribution in [3.8, 4) is 0 Å². The molecule has 0 amide bonds. The van der Waals surface area contributed by atoms with Gasteiger partial charge in [0, 0.05) is 0 Å². The van der Waals surface area contributed by atoms with Crippen LogP contribution in [0.3, 0.4) is 0 Å². The van der Waals surface area contributed by atoms with E-state index in [1.54, 1.807) is 0 Å². The molecule has 1 N–H and O–H groups in total. The summed E-state index contributed by atoms with van der Waals surface area (Å²) in [6.45, 7) is 1.98. The Morgan fingerprint density at radius 1 is 1.75 bits per heavy atom. The second-order valence-electron chi connectivity index (χ2n) is 1.54. The molecule has 46 valence electrons. The van der Waals surface area contributed by atoms with Crippen molar-refractivity contribution in [1.82, 2.24) is 0 Å². The first-order chi connectivity index (χ1) is 3.81. The molecule has 2 heteroatoms. The lowest BCUT2D eigenvalue weighted by molar-refractivity contribution is -0.107. The molecule has 0 atom stereocenters. The monoisotopic (exact) mass is 114 g/mol. The molecular weight excluding hydrogens is 104 g/mol. The molecule has 0 bridgehead atoms. The summed E-state index contributed by atoms with van der Waals surface area (Å²) in [6, 6.07) is 0. The smallest absolute Gasteiger partial charge is 0.184 e. The Bertz CT molecular complexity index is 94.7. The highest BCUT2D eigenvalue weighted by Crippen LogP contribution is 1.90. The van der Waals surface area contributed by atoms with Crippen molar-refractivity contribution < 1.29 is 9.90 Å². The van der Waals surface area contributed by atoms with Gasteiger partial charge in [-0.25, -0.2) is 0 Å². The summed E-state index contributed by atoms with van der Waals surface area (Å²) < 4.78 is 0. The molecule has 0 fully saturated rings. The van der Waals surface area contributed by atoms with Crippen LogP contribution >= 0.6 is 0 Å². The normalized spacial score (nSPS) is 11.4. The van der Waals surface area contributed by atoms with Crippen LogP contribution in [0.5, 0.6) is 0 Å². The quantitative estimate of drug-likeness (QED) is 0.342. The van der Waals surface area contributed by atoms with Crippen LogP contribution in [0.25, 0.3) is 0 Å². The van der Waals surface area contributed by atoms with E-state index in [-0.39, 0.29) is 5.76 Å². The van der Waals surface area contributed by atoms with Gasteiger partial charge in [0.1, 0.15) is 0 Å². The average molecular weight is 114 g/mol. The van der Waals surface area contributed by atoms with Crippen molar-refractivity contribution >= 4 is 6.29 Å². The zero-order valence-electron chi connectivity index (χ0n) is 4.92. The number of aliphatic hydroxyl groups excluding tert-OH is 1. The van der Waals surface area contributed by atoms with Crippen LogP contribution in [-0.2, 0) is 4.79 Å². The minimum absolute atomic E-state index is 0.160. The largest absolute Gasteiger partial charge is 0.505 e. The van der Waals surface area contributed by atoms with Gasteiger partial charge in [0.25, 0.3) is 0 Å². The minimum Gasteiger partial charge on any atom is -0.505 e. The van der Waals surface area contributed by atoms with Gasteiger partial charge < -0.3 is 5.11 Å². The topological polar surface area (TPSA) is 37.3 Å². The maximum absolute atomic E-state index is 9.69. The summed E-state index contributed by atoms with van der Waals surface area (Å²) in [7, 11) is 0. The summed E-state index contributed by atoms with van der Waals surface area (Å²) >= 11 is 0. The van der Waals surface area contributed by atoms with Crippen molar-refractivity contribution in [3.63, 3.8) is 0 Å². The third kappa shape index (κ3) is 3.40. The number of unbranched alkanes of at least 4 members (excludes halogenated alkanes) is 1. The fraction of sp³-hybridized carbons (Fsp3) is 0.500. The molecule has 0 aromatic heterocycles. The molecule has 0 aliphatic heterocycles. The number of allylic oxidation sites excluding steroid dienone is 2. The second-order valence-corrected chi connectivity index (χ2v) is 1.54. The minimum atomic E-state index is -0.160. The van der Waals surface area contributed by atoms with E-state index in [2.05, 4.69) is 0 Å². The molecule has 0 aliphatic rings. The molecule has 0 aromatic rings. The molecule has 0 radical (unpaired) electrons. The van der Waals surface area contributed by atoms with E-state index in [0.717, 1.165) is 12.8 Å². The van der Waals surface area contributed by atoms with Crippen LogP contribution in [0, 0.1) is 0 Å². The Morgan fingerprint density at radius 3 is 2.75 bits per heavy atom. The average Bonchev–Trinajstić information content (AvgIpc) is 1.83. The summed E-state index contributed by atoms with van der Waals surface area (Å²) in [4.78, 5) is 9.69. The Labute approximate surface area is 48.8 Å². The number of aliphatic hydroxyl groups is 1. The Balaban J connectivity index is 3.40. The maximum Gasteiger partial charge on any atom is 0.184 e. The van der Waals surface area contributed by atoms with Crippen LogP contribution in [-0.4, -0.2) is 11.4 Å². The fourth-order valence-corrected chi connectivity index (χ4v) is 0.340. The summed E-state index contributed by atoms with van der Waals surface area (Å²) in [6.07, 6.45) is 3.67. The third-order valence-electron chi connectivity index (χ3n) is 0.763. The van der Waals surface area contributed by atoms with Gasteiger partial charge >= 0.3 is 0 Å². The van der Waals surface area contributed by atoms with Gasteiger partial charge in [-0.1, -0.05) is 13.3 Å². The number of hydrogen-bond donors (Lipinski definition) is 1. The predicted octanol–water partition coefficient (Wildman–Crippen LogP) is 1.43.